The highest BCUT2D eigenvalue weighted by Crippen LogP contribution is 2.24. The Bertz CT molecular complexity index is 361. The van der Waals surface area contributed by atoms with Crippen LogP contribution in [-0.4, -0.2) is 24.4 Å². The fraction of sp³-hybridized carbons (Fsp3) is 0.600. The van der Waals surface area contributed by atoms with E-state index in [1.165, 1.54) is 12.8 Å². The summed E-state index contributed by atoms with van der Waals surface area (Å²) in [7, 11) is 0. The van der Waals surface area contributed by atoms with Crippen molar-refractivity contribution >= 4 is 0 Å². The van der Waals surface area contributed by atoms with Crippen LogP contribution in [-0.2, 0) is 4.74 Å². The van der Waals surface area contributed by atoms with E-state index in [1.807, 2.05) is 24.3 Å². The van der Waals surface area contributed by atoms with E-state index < -0.39 is 0 Å². The minimum atomic E-state index is -0.378. The fourth-order valence-electron chi connectivity index (χ4n) is 1.92. The molecule has 2 atom stereocenters. The average molecular weight is 250 g/mol. The molecule has 100 valence electrons. The van der Waals surface area contributed by atoms with Gasteiger partial charge in [0.15, 0.2) is 0 Å². The summed E-state index contributed by atoms with van der Waals surface area (Å²) in [5.74, 6) is 0.817. The number of unbranched alkanes of at least 4 members (excludes halogenated alkanes) is 2. The van der Waals surface area contributed by atoms with Crippen molar-refractivity contribution in [3.63, 3.8) is 0 Å². The molecular formula is C15H22O3. The van der Waals surface area contributed by atoms with Crippen molar-refractivity contribution in [3.8, 4) is 5.75 Å². The number of benzene rings is 1. The molecule has 1 aliphatic rings. The van der Waals surface area contributed by atoms with Crippen LogP contribution in [0.25, 0.3) is 0 Å². The third kappa shape index (κ3) is 4.31. The lowest BCUT2D eigenvalue weighted by Gasteiger charge is -2.12. The van der Waals surface area contributed by atoms with Crippen LogP contribution < -0.4 is 4.74 Å². The number of rotatable bonds is 8. The van der Waals surface area contributed by atoms with E-state index in [9.17, 15) is 5.11 Å². The van der Waals surface area contributed by atoms with Crippen molar-refractivity contribution in [2.75, 3.05) is 13.2 Å². The van der Waals surface area contributed by atoms with E-state index in [-0.39, 0.29) is 12.2 Å². The zero-order valence-electron chi connectivity index (χ0n) is 11.0. The Morgan fingerprint density at radius 3 is 3.00 bits per heavy atom. The van der Waals surface area contributed by atoms with Crippen LogP contribution in [0.4, 0.5) is 0 Å². The largest absolute Gasteiger partial charge is 0.491 e. The molecule has 0 saturated carbocycles. The Kier molecular flexibility index (Phi) is 5.02. The van der Waals surface area contributed by atoms with Crippen LogP contribution in [0.3, 0.4) is 0 Å². The summed E-state index contributed by atoms with van der Waals surface area (Å²) >= 11 is 0. The summed E-state index contributed by atoms with van der Waals surface area (Å²) in [6, 6.07) is 7.74. The summed E-state index contributed by atoms with van der Waals surface area (Å²) in [5, 5.41) is 10.1. The van der Waals surface area contributed by atoms with Gasteiger partial charge in [-0.1, -0.05) is 38.3 Å². The smallest absolute Gasteiger partial charge is 0.119 e. The average Bonchev–Trinajstić information content (AvgIpc) is 3.21. The normalized spacial score (nSPS) is 19.6. The van der Waals surface area contributed by atoms with Crippen molar-refractivity contribution in [1.29, 1.82) is 0 Å². The lowest BCUT2D eigenvalue weighted by Crippen LogP contribution is -2.05. The van der Waals surface area contributed by atoms with Crippen LogP contribution in [0.2, 0.25) is 0 Å². The van der Waals surface area contributed by atoms with Gasteiger partial charge in [-0.25, -0.2) is 0 Å². The van der Waals surface area contributed by atoms with Gasteiger partial charge in [-0.15, -0.1) is 0 Å². The third-order valence-electron chi connectivity index (χ3n) is 3.16. The molecule has 1 aromatic rings. The maximum Gasteiger partial charge on any atom is 0.119 e. The highest BCUT2D eigenvalue weighted by atomic mass is 16.6. The van der Waals surface area contributed by atoms with Crippen LogP contribution in [0.1, 0.15) is 44.3 Å². The monoisotopic (exact) mass is 250 g/mol. The SMILES string of the molecule is CCCCCC(O)c1cccc(OCC2CO2)c1. The lowest BCUT2D eigenvalue weighted by molar-refractivity contribution is 0.163. The van der Waals surface area contributed by atoms with Gasteiger partial charge in [-0.05, 0) is 24.1 Å². The first kappa shape index (κ1) is 13.4. The Labute approximate surface area is 109 Å². The van der Waals surface area contributed by atoms with E-state index >= 15 is 0 Å². The van der Waals surface area contributed by atoms with Crippen LogP contribution >= 0.6 is 0 Å². The molecule has 0 radical (unpaired) electrons. The Morgan fingerprint density at radius 1 is 1.44 bits per heavy atom. The highest BCUT2D eigenvalue weighted by molar-refractivity contribution is 5.29. The third-order valence-corrected chi connectivity index (χ3v) is 3.16. The van der Waals surface area contributed by atoms with Crippen molar-refractivity contribution in [2.24, 2.45) is 0 Å². The first-order valence-electron chi connectivity index (χ1n) is 6.82. The molecule has 1 aliphatic heterocycles. The summed E-state index contributed by atoms with van der Waals surface area (Å²) < 4.78 is 10.7. The summed E-state index contributed by atoms with van der Waals surface area (Å²) in [5.41, 5.74) is 0.945. The van der Waals surface area contributed by atoms with E-state index in [1.54, 1.807) is 0 Å². The van der Waals surface area contributed by atoms with Gasteiger partial charge in [-0.2, -0.15) is 0 Å². The van der Waals surface area contributed by atoms with Gasteiger partial charge in [0.05, 0.1) is 12.7 Å². The molecule has 0 spiro atoms. The van der Waals surface area contributed by atoms with Gasteiger partial charge in [0.2, 0.25) is 0 Å². The molecule has 1 saturated heterocycles. The first-order valence-corrected chi connectivity index (χ1v) is 6.82. The number of epoxide rings is 1. The first-order chi connectivity index (χ1) is 8.79. The minimum Gasteiger partial charge on any atom is -0.491 e. The van der Waals surface area contributed by atoms with E-state index in [2.05, 4.69) is 6.92 Å². The summed E-state index contributed by atoms with van der Waals surface area (Å²) in [6.07, 6.45) is 4.13. The van der Waals surface area contributed by atoms with Crippen molar-refractivity contribution in [3.05, 3.63) is 29.8 Å². The molecule has 0 aliphatic carbocycles. The van der Waals surface area contributed by atoms with Gasteiger partial charge in [0.1, 0.15) is 18.5 Å². The summed E-state index contributed by atoms with van der Waals surface area (Å²) in [4.78, 5) is 0. The predicted octanol–water partition coefficient (Wildman–Crippen LogP) is 3.08. The molecule has 1 N–H and O–H groups in total. The number of ether oxygens (including phenoxy) is 2. The Hall–Kier alpha value is -1.06. The highest BCUT2D eigenvalue weighted by Gasteiger charge is 2.23. The second-order valence-electron chi connectivity index (χ2n) is 4.85. The molecule has 2 unspecified atom stereocenters. The predicted molar refractivity (Wildman–Crippen MR) is 70.8 cm³/mol. The maximum atomic E-state index is 10.1. The minimum absolute atomic E-state index is 0.267. The zero-order chi connectivity index (χ0) is 12.8. The summed E-state index contributed by atoms with van der Waals surface area (Å²) in [6.45, 7) is 3.58. The fourth-order valence-corrected chi connectivity index (χ4v) is 1.92. The number of aliphatic hydroxyl groups is 1. The van der Waals surface area contributed by atoms with E-state index in [4.69, 9.17) is 9.47 Å². The van der Waals surface area contributed by atoms with E-state index in [0.29, 0.717) is 6.61 Å². The molecule has 2 rings (SSSR count). The Morgan fingerprint density at radius 2 is 2.28 bits per heavy atom. The quantitative estimate of drug-likeness (QED) is 0.569. The number of hydrogen-bond donors (Lipinski definition) is 1. The molecule has 0 amide bonds. The van der Waals surface area contributed by atoms with Gasteiger partial charge in [0, 0.05) is 0 Å². The van der Waals surface area contributed by atoms with Crippen molar-refractivity contribution < 1.29 is 14.6 Å². The molecule has 1 heterocycles. The van der Waals surface area contributed by atoms with Crippen molar-refractivity contribution in [1.82, 2.24) is 0 Å². The topological polar surface area (TPSA) is 42.0 Å². The van der Waals surface area contributed by atoms with Gasteiger partial charge in [0.25, 0.3) is 0 Å². The van der Waals surface area contributed by atoms with Crippen molar-refractivity contribution in [2.45, 2.75) is 44.8 Å². The molecule has 1 aromatic carbocycles. The Balaban J connectivity index is 1.84. The maximum absolute atomic E-state index is 10.1. The van der Waals surface area contributed by atoms with Crippen LogP contribution in [0.15, 0.2) is 24.3 Å². The molecule has 18 heavy (non-hydrogen) atoms. The van der Waals surface area contributed by atoms with Crippen LogP contribution in [0.5, 0.6) is 5.75 Å². The second kappa shape index (κ2) is 6.76. The number of hydrogen-bond acceptors (Lipinski definition) is 3. The number of aliphatic hydroxyl groups excluding tert-OH is 1. The van der Waals surface area contributed by atoms with Gasteiger partial charge in [-0.3, -0.25) is 0 Å². The molecule has 0 bridgehead atoms. The van der Waals surface area contributed by atoms with Crippen LogP contribution in [0, 0.1) is 0 Å². The lowest BCUT2D eigenvalue weighted by atomic mass is 10.0. The van der Waals surface area contributed by atoms with Gasteiger partial charge < -0.3 is 14.6 Å². The van der Waals surface area contributed by atoms with Gasteiger partial charge >= 0.3 is 0 Å². The molecule has 0 aromatic heterocycles. The molecular weight excluding hydrogens is 228 g/mol. The second-order valence-corrected chi connectivity index (χ2v) is 4.85. The molecule has 3 nitrogen and oxygen atoms in total. The molecule has 3 heteroatoms. The molecule has 1 fully saturated rings. The van der Waals surface area contributed by atoms with E-state index in [0.717, 1.165) is 30.8 Å². The standard InChI is InChI=1S/C15H22O3/c1-2-3-4-8-15(16)12-6-5-7-13(9-12)17-10-14-11-18-14/h5-7,9,14-16H,2-4,8,10-11H2,1H3. The zero-order valence-corrected chi connectivity index (χ0v) is 11.0.